The SMILES string of the molecule is CCNCCCCCCCCCCCCCCCCCCCCCCCCCCCCCCCCCCCC(=O)O. The summed E-state index contributed by atoms with van der Waals surface area (Å²) < 4.78 is 0. The molecule has 0 heterocycles. The number of hydrogen-bond donors (Lipinski definition) is 2. The van der Waals surface area contributed by atoms with E-state index in [1.54, 1.807) is 0 Å². The quantitative estimate of drug-likeness (QED) is 0.0719. The van der Waals surface area contributed by atoms with Gasteiger partial charge in [-0.1, -0.05) is 206 Å². The number of rotatable bonds is 37. The topological polar surface area (TPSA) is 49.3 Å². The Morgan fingerprint density at radius 1 is 0.366 bits per heavy atom. The molecule has 246 valence electrons. The molecule has 41 heavy (non-hydrogen) atoms. The fourth-order valence-corrected chi connectivity index (χ4v) is 6.18. The van der Waals surface area contributed by atoms with E-state index in [9.17, 15) is 4.79 Å². The van der Waals surface area contributed by atoms with Gasteiger partial charge in [0.05, 0.1) is 0 Å². The molecule has 0 saturated carbocycles. The van der Waals surface area contributed by atoms with Crippen molar-refractivity contribution in [2.24, 2.45) is 0 Å². The molecule has 0 aliphatic rings. The van der Waals surface area contributed by atoms with Crippen LogP contribution in [0, 0.1) is 0 Å². The highest BCUT2D eigenvalue weighted by atomic mass is 16.4. The van der Waals surface area contributed by atoms with E-state index < -0.39 is 5.97 Å². The van der Waals surface area contributed by atoms with Gasteiger partial charge in [-0.2, -0.15) is 0 Å². The normalized spacial score (nSPS) is 11.4. The lowest BCUT2D eigenvalue weighted by Crippen LogP contribution is -2.13. The van der Waals surface area contributed by atoms with E-state index in [2.05, 4.69) is 12.2 Å². The number of carboxylic acid groups (broad SMARTS) is 1. The van der Waals surface area contributed by atoms with Crippen LogP contribution >= 0.6 is 0 Å². The monoisotopic (exact) mass is 580 g/mol. The lowest BCUT2D eigenvalue weighted by Gasteiger charge is -2.05. The maximum absolute atomic E-state index is 10.5. The molecule has 0 atom stereocenters. The molecule has 0 bridgehead atoms. The maximum atomic E-state index is 10.5. The summed E-state index contributed by atoms with van der Waals surface area (Å²) in [6, 6.07) is 0. The Balaban J connectivity index is 3.03. The third-order valence-electron chi connectivity index (χ3n) is 8.99. The van der Waals surface area contributed by atoms with Crippen molar-refractivity contribution in [3.05, 3.63) is 0 Å². The predicted molar refractivity (Wildman–Crippen MR) is 183 cm³/mol. The first-order chi connectivity index (χ1) is 20.3. The molecule has 0 aliphatic carbocycles. The largest absolute Gasteiger partial charge is 0.481 e. The second-order valence-corrected chi connectivity index (χ2v) is 13.2. The number of unbranched alkanes of at least 4 members (excludes halogenated alkanes) is 32. The van der Waals surface area contributed by atoms with Crippen molar-refractivity contribution < 1.29 is 9.90 Å². The van der Waals surface area contributed by atoms with Gasteiger partial charge in [-0.15, -0.1) is 0 Å². The Bertz CT molecular complexity index is 481. The molecule has 2 N–H and O–H groups in total. The van der Waals surface area contributed by atoms with Crippen molar-refractivity contribution >= 4 is 5.97 Å². The lowest BCUT2D eigenvalue weighted by atomic mass is 10.0. The molecule has 0 radical (unpaired) electrons. The standard InChI is InChI=1S/C38H77NO2/c1-2-39-37-35-33-31-29-27-25-23-21-19-17-15-13-11-9-7-5-3-4-6-8-10-12-14-16-18-20-22-24-26-28-30-32-34-36-38(40)41/h39H,2-37H2,1H3,(H,40,41). The summed E-state index contributed by atoms with van der Waals surface area (Å²) in [4.78, 5) is 10.5. The zero-order chi connectivity index (χ0) is 29.7. The molecule has 0 saturated heterocycles. The molecule has 0 rings (SSSR count). The van der Waals surface area contributed by atoms with E-state index in [0.29, 0.717) is 6.42 Å². The summed E-state index contributed by atoms with van der Waals surface area (Å²) in [5.41, 5.74) is 0. The highest BCUT2D eigenvalue weighted by Gasteiger charge is 1.98. The van der Waals surface area contributed by atoms with Crippen molar-refractivity contribution in [1.82, 2.24) is 5.32 Å². The van der Waals surface area contributed by atoms with Crippen molar-refractivity contribution in [3.8, 4) is 0 Å². The highest BCUT2D eigenvalue weighted by Crippen LogP contribution is 2.17. The minimum Gasteiger partial charge on any atom is -0.481 e. The van der Waals surface area contributed by atoms with Gasteiger partial charge in [-0.3, -0.25) is 4.79 Å². The van der Waals surface area contributed by atoms with Crippen LogP contribution in [0.5, 0.6) is 0 Å². The third kappa shape index (κ3) is 39.4. The first-order valence-corrected chi connectivity index (χ1v) is 19.2. The molecule has 0 aromatic carbocycles. The van der Waals surface area contributed by atoms with E-state index in [4.69, 9.17) is 5.11 Å². The van der Waals surface area contributed by atoms with Crippen molar-refractivity contribution in [3.63, 3.8) is 0 Å². The van der Waals surface area contributed by atoms with Crippen LogP contribution in [-0.4, -0.2) is 24.2 Å². The first-order valence-electron chi connectivity index (χ1n) is 19.2. The molecule has 0 aromatic heterocycles. The second kappa shape index (κ2) is 37.5. The molecular formula is C38H77NO2. The van der Waals surface area contributed by atoms with Crippen LogP contribution < -0.4 is 5.32 Å². The minimum atomic E-state index is -0.648. The molecule has 0 unspecified atom stereocenters. The Hall–Kier alpha value is -0.570. The van der Waals surface area contributed by atoms with Gasteiger partial charge in [-0.05, 0) is 25.9 Å². The van der Waals surface area contributed by atoms with Gasteiger partial charge in [0.25, 0.3) is 0 Å². The van der Waals surface area contributed by atoms with Gasteiger partial charge in [0.2, 0.25) is 0 Å². The van der Waals surface area contributed by atoms with Crippen LogP contribution in [0.4, 0.5) is 0 Å². The number of carboxylic acids is 1. The van der Waals surface area contributed by atoms with Gasteiger partial charge >= 0.3 is 5.97 Å². The van der Waals surface area contributed by atoms with Crippen LogP contribution in [0.1, 0.15) is 225 Å². The number of hydrogen-bond acceptors (Lipinski definition) is 2. The van der Waals surface area contributed by atoms with E-state index in [1.165, 1.54) is 206 Å². The van der Waals surface area contributed by atoms with E-state index >= 15 is 0 Å². The molecule has 0 spiro atoms. The van der Waals surface area contributed by atoms with Crippen LogP contribution in [0.3, 0.4) is 0 Å². The van der Waals surface area contributed by atoms with Gasteiger partial charge in [0, 0.05) is 6.42 Å². The van der Waals surface area contributed by atoms with E-state index in [-0.39, 0.29) is 0 Å². The Kier molecular flexibility index (Phi) is 36.9. The van der Waals surface area contributed by atoms with Crippen molar-refractivity contribution in [2.45, 2.75) is 225 Å². The number of aliphatic carboxylic acids is 1. The molecule has 0 aromatic rings. The Morgan fingerprint density at radius 2 is 0.561 bits per heavy atom. The summed E-state index contributed by atoms with van der Waals surface area (Å²) in [7, 11) is 0. The summed E-state index contributed by atoms with van der Waals surface area (Å²) in [5, 5.41) is 12.1. The Labute approximate surface area is 259 Å². The smallest absolute Gasteiger partial charge is 0.303 e. The van der Waals surface area contributed by atoms with Crippen LogP contribution in [-0.2, 0) is 4.79 Å². The molecule has 0 fully saturated rings. The molecule has 3 heteroatoms. The lowest BCUT2D eigenvalue weighted by molar-refractivity contribution is -0.137. The number of nitrogens with one attached hydrogen (secondary N) is 1. The summed E-state index contributed by atoms with van der Waals surface area (Å²) in [6.07, 6.45) is 46.8. The van der Waals surface area contributed by atoms with Gasteiger partial charge in [0.1, 0.15) is 0 Å². The zero-order valence-electron chi connectivity index (χ0n) is 28.3. The van der Waals surface area contributed by atoms with E-state index in [0.717, 1.165) is 19.4 Å². The summed E-state index contributed by atoms with van der Waals surface area (Å²) >= 11 is 0. The molecule has 0 amide bonds. The summed E-state index contributed by atoms with van der Waals surface area (Å²) in [5.74, 6) is -0.648. The fourth-order valence-electron chi connectivity index (χ4n) is 6.18. The predicted octanol–water partition coefficient (Wildman–Crippen LogP) is 12.9. The summed E-state index contributed by atoms with van der Waals surface area (Å²) in [6.45, 7) is 4.52. The maximum Gasteiger partial charge on any atom is 0.303 e. The molecular weight excluding hydrogens is 502 g/mol. The molecule has 0 aliphatic heterocycles. The Morgan fingerprint density at radius 3 is 0.756 bits per heavy atom. The van der Waals surface area contributed by atoms with Gasteiger partial charge in [0.15, 0.2) is 0 Å². The third-order valence-corrected chi connectivity index (χ3v) is 8.99. The van der Waals surface area contributed by atoms with Crippen molar-refractivity contribution in [2.75, 3.05) is 13.1 Å². The highest BCUT2D eigenvalue weighted by molar-refractivity contribution is 5.66. The average molecular weight is 580 g/mol. The second-order valence-electron chi connectivity index (χ2n) is 13.2. The van der Waals surface area contributed by atoms with Gasteiger partial charge in [-0.25, -0.2) is 0 Å². The van der Waals surface area contributed by atoms with Crippen LogP contribution in [0.2, 0.25) is 0 Å². The zero-order valence-corrected chi connectivity index (χ0v) is 28.3. The molecule has 3 nitrogen and oxygen atoms in total. The number of carbonyl (C=O) groups is 1. The van der Waals surface area contributed by atoms with Gasteiger partial charge < -0.3 is 10.4 Å². The van der Waals surface area contributed by atoms with Crippen molar-refractivity contribution in [1.29, 1.82) is 0 Å². The first kappa shape index (κ1) is 40.4. The fraction of sp³-hybridized carbons (Fsp3) is 0.974. The van der Waals surface area contributed by atoms with E-state index in [1.807, 2.05) is 0 Å². The van der Waals surface area contributed by atoms with Crippen LogP contribution in [0.15, 0.2) is 0 Å². The van der Waals surface area contributed by atoms with Crippen LogP contribution in [0.25, 0.3) is 0 Å². The average Bonchev–Trinajstić information content (AvgIpc) is 2.97. The minimum absolute atomic E-state index is 0.346.